The standard InChI is InChI=1S/C15H29NO/c1-13(2)10-16-11-15(8-9-17-12-15)14-6-4-3-5-7-14/h13-14,16H,3-12H2,1-2H3. The molecule has 0 bridgehead atoms. The third kappa shape index (κ3) is 3.45. The Kier molecular flexibility index (Phi) is 4.87. The van der Waals surface area contributed by atoms with Gasteiger partial charge in [-0.3, -0.25) is 0 Å². The highest BCUT2D eigenvalue weighted by atomic mass is 16.5. The second-order valence-electron chi connectivity index (χ2n) is 6.52. The van der Waals surface area contributed by atoms with Crippen LogP contribution in [0.2, 0.25) is 0 Å². The van der Waals surface area contributed by atoms with E-state index < -0.39 is 0 Å². The summed E-state index contributed by atoms with van der Waals surface area (Å²) in [5.74, 6) is 1.67. The van der Waals surface area contributed by atoms with Crippen molar-refractivity contribution in [2.45, 2.75) is 52.4 Å². The molecular formula is C15H29NO. The van der Waals surface area contributed by atoms with Gasteiger partial charge in [0.15, 0.2) is 0 Å². The van der Waals surface area contributed by atoms with Gasteiger partial charge in [0.05, 0.1) is 6.61 Å². The summed E-state index contributed by atoms with van der Waals surface area (Å²) in [6, 6.07) is 0. The highest BCUT2D eigenvalue weighted by Crippen LogP contribution is 2.43. The van der Waals surface area contributed by atoms with Crippen LogP contribution in [0, 0.1) is 17.3 Å². The molecule has 1 unspecified atom stereocenters. The van der Waals surface area contributed by atoms with E-state index in [-0.39, 0.29) is 0 Å². The minimum absolute atomic E-state index is 0.468. The van der Waals surface area contributed by atoms with Crippen molar-refractivity contribution in [1.82, 2.24) is 5.32 Å². The molecule has 1 heterocycles. The lowest BCUT2D eigenvalue weighted by molar-refractivity contribution is 0.0814. The molecule has 0 aromatic rings. The second kappa shape index (κ2) is 6.19. The van der Waals surface area contributed by atoms with Gasteiger partial charge in [0.2, 0.25) is 0 Å². The van der Waals surface area contributed by atoms with Gasteiger partial charge >= 0.3 is 0 Å². The molecule has 2 fully saturated rings. The van der Waals surface area contributed by atoms with E-state index in [0.29, 0.717) is 5.41 Å². The molecule has 0 aromatic carbocycles. The number of ether oxygens (including phenoxy) is 1. The number of hydrogen-bond acceptors (Lipinski definition) is 2. The fraction of sp³-hybridized carbons (Fsp3) is 1.00. The molecule has 0 spiro atoms. The van der Waals surface area contributed by atoms with Crippen LogP contribution in [0.15, 0.2) is 0 Å². The number of nitrogens with one attached hydrogen (secondary N) is 1. The Bertz CT molecular complexity index is 215. The lowest BCUT2D eigenvalue weighted by Crippen LogP contribution is -2.42. The highest BCUT2D eigenvalue weighted by molar-refractivity contribution is 4.92. The summed E-state index contributed by atoms with van der Waals surface area (Å²) in [6.45, 7) is 8.88. The van der Waals surface area contributed by atoms with Crippen LogP contribution in [0.25, 0.3) is 0 Å². The largest absolute Gasteiger partial charge is 0.381 e. The molecule has 0 aromatic heterocycles. The molecule has 1 saturated carbocycles. The van der Waals surface area contributed by atoms with E-state index in [4.69, 9.17) is 4.74 Å². The fourth-order valence-electron chi connectivity index (χ4n) is 3.55. The molecule has 2 aliphatic rings. The smallest absolute Gasteiger partial charge is 0.0538 e. The van der Waals surface area contributed by atoms with E-state index in [9.17, 15) is 0 Å². The summed E-state index contributed by atoms with van der Waals surface area (Å²) in [7, 11) is 0. The average Bonchev–Trinajstić information content (AvgIpc) is 2.80. The van der Waals surface area contributed by atoms with Crippen LogP contribution in [0.5, 0.6) is 0 Å². The SMILES string of the molecule is CC(C)CNCC1(C2CCCCC2)CCOC1. The predicted octanol–water partition coefficient (Wildman–Crippen LogP) is 3.22. The Balaban J connectivity index is 1.89. The molecule has 0 radical (unpaired) electrons. The van der Waals surface area contributed by atoms with Crippen LogP contribution >= 0.6 is 0 Å². The van der Waals surface area contributed by atoms with Crippen molar-refractivity contribution in [2.75, 3.05) is 26.3 Å². The van der Waals surface area contributed by atoms with Gasteiger partial charge in [0, 0.05) is 18.6 Å². The van der Waals surface area contributed by atoms with Crippen LogP contribution in [0.3, 0.4) is 0 Å². The van der Waals surface area contributed by atoms with Crippen molar-refractivity contribution in [2.24, 2.45) is 17.3 Å². The van der Waals surface area contributed by atoms with Crippen molar-refractivity contribution in [3.63, 3.8) is 0 Å². The van der Waals surface area contributed by atoms with Gasteiger partial charge in [0.25, 0.3) is 0 Å². The summed E-state index contributed by atoms with van der Waals surface area (Å²) < 4.78 is 5.73. The lowest BCUT2D eigenvalue weighted by atomic mass is 9.68. The molecular weight excluding hydrogens is 210 g/mol. The Morgan fingerprint density at radius 3 is 2.59 bits per heavy atom. The molecule has 2 nitrogen and oxygen atoms in total. The maximum Gasteiger partial charge on any atom is 0.0538 e. The van der Waals surface area contributed by atoms with Gasteiger partial charge < -0.3 is 10.1 Å². The lowest BCUT2D eigenvalue weighted by Gasteiger charge is -2.39. The molecule has 1 saturated heterocycles. The number of rotatable bonds is 5. The normalized spacial score (nSPS) is 31.2. The highest BCUT2D eigenvalue weighted by Gasteiger charge is 2.41. The zero-order chi connectivity index (χ0) is 12.1. The van der Waals surface area contributed by atoms with E-state index in [1.807, 2.05) is 0 Å². The maximum atomic E-state index is 5.73. The van der Waals surface area contributed by atoms with Crippen LogP contribution in [-0.2, 0) is 4.74 Å². The molecule has 1 aliphatic carbocycles. The number of hydrogen-bond donors (Lipinski definition) is 1. The summed E-state index contributed by atoms with van der Waals surface area (Å²) >= 11 is 0. The van der Waals surface area contributed by atoms with Crippen LogP contribution in [-0.4, -0.2) is 26.3 Å². The molecule has 100 valence electrons. The monoisotopic (exact) mass is 239 g/mol. The van der Waals surface area contributed by atoms with Crippen molar-refractivity contribution in [1.29, 1.82) is 0 Å². The molecule has 2 rings (SSSR count). The van der Waals surface area contributed by atoms with E-state index in [2.05, 4.69) is 19.2 Å². The quantitative estimate of drug-likeness (QED) is 0.795. The van der Waals surface area contributed by atoms with Crippen LogP contribution in [0.1, 0.15) is 52.4 Å². The fourth-order valence-corrected chi connectivity index (χ4v) is 3.55. The van der Waals surface area contributed by atoms with E-state index in [1.165, 1.54) is 45.1 Å². The third-order valence-corrected chi connectivity index (χ3v) is 4.63. The summed E-state index contributed by atoms with van der Waals surface area (Å²) in [6.07, 6.45) is 8.49. The first-order chi connectivity index (χ1) is 8.23. The summed E-state index contributed by atoms with van der Waals surface area (Å²) in [5, 5.41) is 3.68. The Morgan fingerprint density at radius 1 is 1.24 bits per heavy atom. The molecule has 1 N–H and O–H groups in total. The first-order valence-electron chi connectivity index (χ1n) is 7.51. The predicted molar refractivity (Wildman–Crippen MR) is 72.2 cm³/mol. The Labute approximate surface area is 107 Å². The minimum atomic E-state index is 0.468. The van der Waals surface area contributed by atoms with Gasteiger partial charge in [-0.2, -0.15) is 0 Å². The van der Waals surface area contributed by atoms with Crippen LogP contribution in [0.4, 0.5) is 0 Å². The van der Waals surface area contributed by atoms with E-state index in [0.717, 1.165) is 31.6 Å². The van der Waals surface area contributed by atoms with E-state index in [1.54, 1.807) is 0 Å². The molecule has 2 heteroatoms. The average molecular weight is 239 g/mol. The van der Waals surface area contributed by atoms with Crippen molar-refractivity contribution < 1.29 is 4.74 Å². The second-order valence-corrected chi connectivity index (χ2v) is 6.52. The first-order valence-corrected chi connectivity index (χ1v) is 7.51. The first kappa shape index (κ1) is 13.4. The molecule has 1 atom stereocenters. The minimum Gasteiger partial charge on any atom is -0.381 e. The van der Waals surface area contributed by atoms with Crippen molar-refractivity contribution >= 4 is 0 Å². The Hall–Kier alpha value is -0.0800. The molecule has 1 aliphatic heterocycles. The molecule has 0 amide bonds. The van der Waals surface area contributed by atoms with Gasteiger partial charge in [-0.05, 0) is 37.6 Å². The van der Waals surface area contributed by atoms with Crippen LogP contribution < -0.4 is 5.32 Å². The topological polar surface area (TPSA) is 21.3 Å². The summed E-state index contributed by atoms with van der Waals surface area (Å²) in [4.78, 5) is 0. The van der Waals surface area contributed by atoms with Crippen molar-refractivity contribution in [3.05, 3.63) is 0 Å². The van der Waals surface area contributed by atoms with Gasteiger partial charge in [-0.25, -0.2) is 0 Å². The van der Waals surface area contributed by atoms with Gasteiger partial charge in [-0.1, -0.05) is 33.1 Å². The Morgan fingerprint density at radius 2 is 2.00 bits per heavy atom. The summed E-state index contributed by atoms with van der Waals surface area (Å²) in [5.41, 5.74) is 0.468. The van der Waals surface area contributed by atoms with E-state index >= 15 is 0 Å². The van der Waals surface area contributed by atoms with Crippen molar-refractivity contribution in [3.8, 4) is 0 Å². The zero-order valence-electron chi connectivity index (χ0n) is 11.6. The maximum absolute atomic E-state index is 5.73. The zero-order valence-corrected chi connectivity index (χ0v) is 11.6. The molecule has 17 heavy (non-hydrogen) atoms. The van der Waals surface area contributed by atoms with Gasteiger partial charge in [0.1, 0.15) is 0 Å². The van der Waals surface area contributed by atoms with Gasteiger partial charge in [-0.15, -0.1) is 0 Å². The third-order valence-electron chi connectivity index (χ3n) is 4.63.